The number of methoxy groups -OCH3 is 1. The van der Waals surface area contributed by atoms with Crippen molar-refractivity contribution in [2.75, 3.05) is 67.2 Å². The summed E-state index contributed by atoms with van der Waals surface area (Å²) in [5.74, 6) is 0.343. The molecule has 3 aromatic rings. The number of nitrogens with zero attached hydrogens (tertiary/aromatic N) is 5. The molecule has 2 saturated heterocycles. The largest absolute Gasteiger partial charge is 0.481 e. The highest BCUT2D eigenvalue weighted by Gasteiger charge is 2.34. The van der Waals surface area contributed by atoms with Gasteiger partial charge in [0, 0.05) is 49.4 Å². The zero-order chi connectivity index (χ0) is 26.2. The third-order valence-electron chi connectivity index (χ3n) is 6.97. The molecule has 38 heavy (non-hydrogen) atoms. The SMILES string of the molecule is COc1ccc2ncc(F)c(N3CCCN(CC4CN(c5ccc6c(c5)NC(=O)CS6)C(=O)O4)CC3)c2n1. The molecule has 2 aromatic heterocycles. The minimum absolute atomic E-state index is 0.0497. The Morgan fingerprint density at radius 1 is 1.18 bits per heavy atom. The van der Waals surface area contributed by atoms with Crippen LogP contribution in [0.5, 0.6) is 5.88 Å². The number of hydrogen-bond donors (Lipinski definition) is 1. The Morgan fingerprint density at radius 3 is 2.95 bits per heavy atom. The highest BCUT2D eigenvalue weighted by atomic mass is 32.2. The van der Waals surface area contributed by atoms with Crippen molar-refractivity contribution in [3.63, 3.8) is 0 Å². The quantitative estimate of drug-likeness (QED) is 0.524. The lowest BCUT2D eigenvalue weighted by molar-refractivity contribution is -0.113. The summed E-state index contributed by atoms with van der Waals surface area (Å²) in [7, 11) is 1.53. The summed E-state index contributed by atoms with van der Waals surface area (Å²) in [6, 6.07) is 9.12. The molecule has 2 amide bonds. The van der Waals surface area contributed by atoms with Crippen LogP contribution in [0.3, 0.4) is 0 Å². The van der Waals surface area contributed by atoms with E-state index in [-0.39, 0.29) is 12.0 Å². The Balaban J connectivity index is 1.12. The maximum Gasteiger partial charge on any atom is 0.414 e. The van der Waals surface area contributed by atoms with Gasteiger partial charge in [0.15, 0.2) is 5.82 Å². The van der Waals surface area contributed by atoms with E-state index in [0.29, 0.717) is 66.8 Å². The number of benzene rings is 1. The van der Waals surface area contributed by atoms with Gasteiger partial charge in [-0.05, 0) is 30.7 Å². The number of nitrogens with one attached hydrogen (secondary N) is 1. The van der Waals surface area contributed by atoms with E-state index in [1.165, 1.54) is 25.1 Å². The Morgan fingerprint density at radius 2 is 2.08 bits per heavy atom. The molecule has 3 aliphatic rings. The standard InChI is InChI=1S/C26H27FN6O4S/c1-36-23-6-4-19-24(30-23)25(18(27)12-28-19)32-8-2-7-31(9-10-32)13-17-14-33(26(35)37-17)16-3-5-21-20(11-16)29-22(34)15-38-21/h3-6,11-12,17H,2,7-10,13-15H2,1H3,(H,29,34). The number of hydrogen-bond acceptors (Lipinski definition) is 9. The summed E-state index contributed by atoms with van der Waals surface area (Å²) < 4.78 is 25.9. The fourth-order valence-corrected chi connectivity index (χ4v) is 5.95. The minimum Gasteiger partial charge on any atom is -0.481 e. The van der Waals surface area contributed by atoms with Crippen molar-refractivity contribution in [3.05, 3.63) is 42.3 Å². The van der Waals surface area contributed by atoms with Crippen LogP contribution in [-0.4, -0.2) is 85.1 Å². The van der Waals surface area contributed by atoms with E-state index in [1.807, 2.05) is 23.1 Å². The molecule has 1 N–H and O–H groups in total. The van der Waals surface area contributed by atoms with Crippen molar-refractivity contribution in [2.24, 2.45) is 0 Å². The number of pyridine rings is 2. The molecule has 198 valence electrons. The van der Waals surface area contributed by atoms with Crippen LogP contribution < -0.4 is 19.9 Å². The van der Waals surface area contributed by atoms with Gasteiger partial charge in [-0.3, -0.25) is 19.6 Å². The molecule has 3 aliphatic heterocycles. The second-order valence-electron chi connectivity index (χ2n) is 9.45. The molecule has 10 nitrogen and oxygen atoms in total. The van der Waals surface area contributed by atoms with Crippen molar-refractivity contribution in [2.45, 2.75) is 17.4 Å². The number of thioether (sulfide) groups is 1. The number of ether oxygens (including phenoxy) is 2. The highest BCUT2D eigenvalue weighted by Crippen LogP contribution is 2.36. The number of aromatic nitrogens is 2. The zero-order valence-electron chi connectivity index (χ0n) is 20.9. The van der Waals surface area contributed by atoms with Crippen LogP contribution in [0.25, 0.3) is 11.0 Å². The lowest BCUT2D eigenvalue weighted by Gasteiger charge is -2.25. The van der Waals surface area contributed by atoms with E-state index in [9.17, 15) is 14.0 Å². The molecule has 5 heterocycles. The maximum absolute atomic E-state index is 15.0. The Labute approximate surface area is 223 Å². The van der Waals surface area contributed by atoms with Crippen LogP contribution in [0.1, 0.15) is 6.42 Å². The van der Waals surface area contributed by atoms with Gasteiger partial charge in [-0.25, -0.2) is 14.2 Å². The highest BCUT2D eigenvalue weighted by molar-refractivity contribution is 8.00. The van der Waals surface area contributed by atoms with Gasteiger partial charge in [0.1, 0.15) is 17.3 Å². The van der Waals surface area contributed by atoms with Crippen LogP contribution in [0.4, 0.5) is 26.2 Å². The second-order valence-corrected chi connectivity index (χ2v) is 10.5. The molecule has 1 unspecified atom stereocenters. The van der Waals surface area contributed by atoms with Crippen molar-refractivity contribution in [1.82, 2.24) is 14.9 Å². The molecule has 0 bridgehead atoms. The first-order valence-corrected chi connectivity index (χ1v) is 13.5. The summed E-state index contributed by atoms with van der Waals surface area (Å²) in [6.45, 7) is 3.76. The third kappa shape index (κ3) is 4.81. The van der Waals surface area contributed by atoms with E-state index >= 15 is 0 Å². The van der Waals surface area contributed by atoms with Gasteiger partial charge in [-0.2, -0.15) is 0 Å². The zero-order valence-corrected chi connectivity index (χ0v) is 21.7. The first-order valence-electron chi connectivity index (χ1n) is 12.5. The number of carbonyl (C=O) groups excluding carboxylic acids is 2. The summed E-state index contributed by atoms with van der Waals surface area (Å²) in [6.07, 6.45) is 1.37. The minimum atomic E-state index is -0.410. The van der Waals surface area contributed by atoms with Crippen molar-refractivity contribution in [3.8, 4) is 5.88 Å². The molecule has 1 aromatic carbocycles. The molecule has 1 atom stereocenters. The van der Waals surface area contributed by atoms with Crippen LogP contribution in [0.15, 0.2) is 41.4 Å². The van der Waals surface area contributed by atoms with Crippen LogP contribution >= 0.6 is 11.8 Å². The van der Waals surface area contributed by atoms with Gasteiger partial charge in [0.2, 0.25) is 11.8 Å². The predicted molar refractivity (Wildman–Crippen MR) is 143 cm³/mol. The summed E-state index contributed by atoms with van der Waals surface area (Å²) in [5.41, 5.74) is 2.95. The van der Waals surface area contributed by atoms with E-state index in [4.69, 9.17) is 9.47 Å². The Bertz CT molecular complexity index is 1410. The summed E-state index contributed by atoms with van der Waals surface area (Å²) in [5, 5.41) is 2.87. The predicted octanol–water partition coefficient (Wildman–Crippen LogP) is 3.36. The first-order chi connectivity index (χ1) is 18.5. The van der Waals surface area contributed by atoms with E-state index < -0.39 is 11.9 Å². The molecular formula is C26H27FN6O4S. The summed E-state index contributed by atoms with van der Waals surface area (Å²) in [4.78, 5) is 40.0. The van der Waals surface area contributed by atoms with Gasteiger partial charge >= 0.3 is 6.09 Å². The molecule has 0 aliphatic carbocycles. The van der Waals surface area contributed by atoms with Gasteiger partial charge < -0.3 is 19.7 Å². The van der Waals surface area contributed by atoms with Crippen molar-refractivity contribution >= 4 is 51.9 Å². The molecule has 0 saturated carbocycles. The molecule has 6 rings (SSSR count). The van der Waals surface area contributed by atoms with Gasteiger partial charge in [-0.1, -0.05) is 0 Å². The number of anilines is 3. The monoisotopic (exact) mass is 538 g/mol. The summed E-state index contributed by atoms with van der Waals surface area (Å²) >= 11 is 1.48. The van der Waals surface area contributed by atoms with E-state index in [0.717, 1.165) is 23.5 Å². The average molecular weight is 539 g/mol. The van der Waals surface area contributed by atoms with Crippen LogP contribution in [-0.2, 0) is 9.53 Å². The third-order valence-corrected chi connectivity index (χ3v) is 8.05. The van der Waals surface area contributed by atoms with E-state index in [2.05, 4.69) is 20.2 Å². The fourth-order valence-electron chi connectivity index (χ4n) is 5.16. The van der Waals surface area contributed by atoms with Crippen molar-refractivity contribution in [1.29, 1.82) is 0 Å². The number of cyclic esters (lactones) is 1. The van der Waals surface area contributed by atoms with Gasteiger partial charge in [0.25, 0.3) is 0 Å². The van der Waals surface area contributed by atoms with Gasteiger partial charge in [-0.15, -0.1) is 11.8 Å². The smallest absolute Gasteiger partial charge is 0.414 e. The van der Waals surface area contributed by atoms with Crippen molar-refractivity contribution < 1.29 is 23.5 Å². The van der Waals surface area contributed by atoms with Crippen LogP contribution in [0.2, 0.25) is 0 Å². The molecule has 0 spiro atoms. The normalized spacial score (nSPS) is 20.2. The lowest BCUT2D eigenvalue weighted by atomic mass is 10.2. The maximum atomic E-state index is 15.0. The number of rotatable bonds is 5. The average Bonchev–Trinajstić information content (AvgIpc) is 3.13. The van der Waals surface area contributed by atoms with E-state index in [1.54, 1.807) is 17.0 Å². The number of amides is 2. The Hall–Kier alpha value is -3.64. The number of fused-ring (bicyclic) bond motifs is 2. The molecular weight excluding hydrogens is 511 g/mol. The topological polar surface area (TPSA) is 100 Å². The molecule has 0 radical (unpaired) electrons. The van der Waals surface area contributed by atoms with Gasteiger partial charge in [0.05, 0.1) is 36.8 Å². The number of halogens is 1. The first kappa shape index (κ1) is 24.7. The lowest BCUT2D eigenvalue weighted by Crippen LogP contribution is -2.37. The molecule has 2 fully saturated rings. The number of carbonyl (C=O) groups is 2. The fraction of sp³-hybridized carbons (Fsp3) is 0.385. The Kier molecular flexibility index (Phi) is 6.66. The second kappa shape index (κ2) is 10.3. The molecule has 12 heteroatoms. The van der Waals surface area contributed by atoms with Crippen LogP contribution in [0, 0.1) is 5.82 Å².